The Kier molecular flexibility index (Phi) is 4.02. The van der Waals surface area contributed by atoms with Crippen LogP contribution in [-0.4, -0.2) is 43.6 Å². The van der Waals surface area contributed by atoms with Gasteiger partial charge in [-0.15, -0.1) is 0 Å². The summed E-state index contributed by atoms with van der Waals surface area (Å²) in [5, 5.41) is 3.33. The molecule has 4 heteroatoms. The van der Waals surface area contributed by atoms with Crippen LogP contribution in [0.3, 0.4) is 0 Å². The number of rotatable bonds is 3. The van der Waals surface area contributed by atoms with Crippen LogP contribution in [0.4, 0.5) is 0 Å². The number of nitrogens with zero attached hydrogens (tertiary/aromatic N) is 1. The zero-order valence-electron chi connectivity index (χ0n) is 13.9. The van der Waals surface area contributed by atoms with Crippen molar-refractivity contribution < 1.29 is 9.53 Å². The fourth-order valence-corrected chi connectivity index (χ4v) is 4.59. The number of amides is 1. The normalized spacial score (nSPS) is 29.0. The highest BCUT2D eigenvalue weighted by atomic mass is 16.5. The minimum atomic E-state index is 0.0688. The van der Waals surface area contributed by atoms with Crippen LogP contribution in [0.5, 0.6) is 5.75 Å². The first-order chi connectivity index (χ1) is 11.3. The van der Waals surface area contributed by atoms with Crippen LogP contribution >= 0.6 is 0 Å². The molecule has 0 saturated carbocycles. The van der Waals surface area contributed by atoms with Crippen LogP contribution in [0, 0.1) is 5.92 Å². The van der Waals surface area contributed by atoms with Gasteiger partial charge in [0.1, 0.15) is 5.75 Å². The molecule has 4 aliphatic rings. The third-order valence-electron chi connectivity index (χ3n) is 5.91. The van der Waals surface area contributed by atoms with Crippen LogP contribution < -0.4 is 10.1 Å². The highest BCUT2D eigenvalue weighted by molar-refractivity contribution is 5.99. The number of carbonyl (C=O) groups excluding carboxylic acids is 1. The molecule has 1 amide bonds. The predicted octanol–water partition coefficient (Wildman–Crippen LogP) is 2.40. The number of aryl methyl sites for hydroxylation is 1. The Labute approximate surface area is 138 Å². The minimum absolute atomic E-state index is 0.0688. The molecule has 124 valence electrons. The molecule has 3 aliphatic heterocycles. The van der Waals surface area contributed by atoms with E-state index in [0.29, 0.717) is 12.0 Å². The molecule has 3 fully saturated rings. The van der Waals surface area contributed by atoms with Crippen molar-refractivity contribution in [2.45, 2.75) is 44.6 Å². The molecule has 0 unspecified atom stereocenters. The summed E-state index contributed by atoms with van der Waals surface area (Å²) in [7, 11) is 1.66. The molecular weight excluding hydrogens is 288 g/mol. The molecule has 3 heterocycles. The summed E-state index contributed by atoms with van der Waals surface area (Å²) in [6, 6.07) is 4.41. The van der Waals surface area contributed by atoms with Crippen LogP contribution in [0.2, 0.25) is 0 Å². The van der Waals surface area contributed by atoms with Gasteiger partial charge in [-0.3, -0.25) is 4.79 Å². The van der Waals surface area contributed by atoms with Gasteiger partial charge in [-0.1, -0.05) is 6.07 Å². The number of hydrogen-bond acceptors (Lipinski definition) is 3. The first-order valence-electron chi connectivity index (χ1n) is 8.98. The van der Waals surface area contributed by atoms with Crippen molar-refractivity contribution in [2.24, 2.45) is 5.92 Å². The molecule has 2 bridgehead atoms. The first kappa shape index (κ1) is 15.0. The maximum atomic E-state index is 13.0. The summed E-state index contributed by atoms with van der Waals surface area (Å²) in [6.45, 7) is 3.40. The van der Waals surface area contributed by atoms with Gasteiger partial charge in [-0.05, 0) is 74.7 Å². The van der Waals surface area contributed by atoms with Crippen molar-refractivity contribution in [3.8, 4) is 5.75 Å². The lowest BCUT2D eigenvalue weighted by Crippen LogP contribution is -2.57. The Morgan fingerprint density at radius 3 is 2.70 bits per heavy atom. The zero-order valence-corrected chi connectivity index (χ0v) is 13.9. The molecule has 0 aromatic heterocycles. The Morgan fingerprint density at radius 2 is 2.00 bits per heavy atom. The summed E-state index contributed by atoms with van der Waals surface area (Å²) in [5.41, 5.74) is 3.34. The summed E-state index contributed by atoms with van der Waals surface area (Å²) in [4.78, 5) is 15.5. The van der Waals surface area contributed by atoms with Gasteiger partial charge in [0.15, 0.2) is 0 Å². The molecule has 4 nitrogen and oxygen atoms in total. The van der Waals surface area contributed by atoms with Gasteiger partial charge in [0.2, 0.25) is 0 Å². The van der Waals surface area contributed by atoms with E-state index in [2.05, 4.69) is 16.3 Å². The number of benzene rings is 1. The standard InChI is InChI=1S/C19H26N2O2/c1-23-17-7-6-13-4-2-3-5-15(13)18(17)19(22)20-16-12-21-10-8-14(16)9-11-21/h6-7,14,16H,2-5,8-12H2,1H3,(H,20,22)/t16-/m1/s1. The third kappa shape index (κ3) is 2.74. The number of piperidine rings is 3. The van der Waals surface area contributed by atoms with Crippen LogP contribution in [-0.2, 0) is 12.8 Å². The molecule has 1 N–H and O–H groups in total. The summed E-state index contributed by atoms with van der Waals surface area (Å²) in [5.74, 6) is 1.44. The lowest BCUT2D eigenvalue weighted by atomic mass is 9.83. The second kappa shape index (κ2) is 6.16. The van der Waals surface area contributed by atoms with E-state index >= 15 is 0 Å². The monoisotopic (exact) mass is 314 g/mol. The van der Waals surface area contributed by atoms with E-state index in [-0.39, 0.29) is 5.91 Å². The number of ether oxygens (including phenoxy) is 1. The molecule has 23 heavy (non-hydrogen) atoms. The second-order valence-electron chi connectivity index (χ2n) is 7.21. The number of hydrogen-bond donors (Lipinski definition) is 1. The van der Waals surface area contributed by atoms with Crippen molar-refractivity contribution in [1.82, 2.24) is 10.2 Å². The van der Waals surface area contributed by atoms with Crippen LogP contribution in [0.25, 0.3) is 0 Å². The van der Waals surface area contributed by atoms with Crippen molar-refractivity contribution in [2.75, 3.05) is 26.7 Å². The molecule has 1 atom stereocenters. The second-order valence-corrected chi connectivity index (χ2v) is 7.21. The van der Waals surface area contributed by atoms with Gasteiger partial charge in [-0.2, -0.15) is 0 Å². The van der Waals surface area contributed by atoms with Gasteiger partial charge in [0, 0.05) is 12.6 Å². The third-order valence-corrected chi connectivity index (χ3v) is 5.91. The predicted molar refractivity (Wildman–Crippen MR) is 90.1 cm³/mol. The molecule has 1 aromatic rings. The summed E-state index contributed by atoms with van der Waals surface area (Å²) in [6.07, 6.45) is 6.90. The van der Waals surface area contributed by atoms with E-state index in [1.807, 2.05) is 6.07 Å². The number of methoxy groups -OCH3 is 1. The van der Waals surface area contributed by atoms with E-state index in [1.165, 1.54) is 49.9 Å². The van der Waals surface area contributed by atoms with Gasteiger partial charge in [0.05, 0.1) is 12.7 Å². The molecule has 0 radical (unpaired) electrons. The Bertz CT molecular complexity index is 606. The average molecular weight is 314 g/mol. The van der Waals surface area contributed by atoms with Crippen molar-refractivity contribution in [3.63, 3.8) is 0 Å². The molecule has 5 rings (SSSR count). The van der Waals surface area contributed by atoms with Gasteiger partial charge < -0.3 is 15.0 Å². The zero-order chi connectivity index (χ0) is 15.8. The molecular formula is C19H26N2O2. The molecule has 1 aromatic carbocycles. The van der Waals surface area contributed by atoms with Gasteiger partial charge in [0.25, 0.3) is 5.91 Å². The Morgan fingerprint density at radius 1 is 1.22 bits per heavy atom. The van der Waals surface area contributed by atoms with E-state index < -0.39 is 0 Å². The van der Waals surface area contributed by atoms with E-state index in [9.17, 15) is 4.79 Å². The lowest BCUT2D eigenvalue weighted by molar-refractivity contribution is 0.0618. The van der Waals surface area contributed by atoms with Crippen molar-refractivity contribution in [1.29, 1.82) is 0 Å². The van der Waals surface area contributed by atoms with Gasteiger partial charge in [-0.25, -0.2) is 0 Å². The fourth-order valence-electron chi connectivity index (χ4n) is 4.59. The highest BCUT2D eigenvalue weighted by Gasteiger charge is 2.35. The minimum Gasteiger partial charge on any atom is -0.496 e. The van der Waals surface area contributed by atoms with E-state index in [0.717, 1.165) is 30.7 Å². The summed E-state index contributed by atoms with van der Waals surface area (Å²) < 4.78 is 5.51. The fraction of sp³-hybridized carbons (Fsp3) is 0.632. The maximum Gasteiger partial charge on any atom is 0.255 e. The number of fused-ring (bicyclic) bond motifs is 4. The van der Waals surface area contributed by atoms with Crippen molar-refractivity contribution in [3.05, 3.63) is 28.8 Å². The van der Waals surface area contributed by atoms with E-state index in [1.54, 1.807) is 7.11 Å². The molecule has 1 aliphatic carbocycles. The molecule has 0 spiro atoms. The summed E-state index contributed by atoms with van der Waals surface area (Å²) >= 11 is 0. The smallest absolute Gasteiger partial charge is 0.255 e. The first-order valence-corrected chi connectivity index (χ1v) is 8.98. The van der Waals surface area contributed by atoms with Crippen molar-refractivity contribution >= 4 is 5.91 Å². The lowest BCUT2D eigenvalue weighted by Gasteiger charge is -2.45. The molecule has 3 saturated heterocycles. The number of carbonyl (C=O) groups is 1. The Balaban J connectivity index is 1.60. The largest absolute Gasteiger partial charge is 0.496 e. The SMILES string of the molecule is COc1ccc2c(c1C(=O)N[C@@H]1CN3CCC1CC3)CCCC2. The van der Waals surface area contributed by atoms with Crippen LogP contribution in [0.15, 0.2) is 12.1 Å². The Hall–Kier alpha value is -1.55. The van der Waals surface area contributed by atoms with Crippen LogP contribution in [0.1, 0.15) is 47.2 Å². The quantitative estimate of drug-likeness (QED) is 0.931. The van der Waals surface area contributed by atoms with Gasteiger partial charge >= 0.3 is 0 Å². The highest BCUT2D eigenvalue weighted by Crippen LogP contribution is 2.32. The maximum absolute atomic E-state index is 13.0. The van der Waals surface area contributed by atoms with E-state index in [4.69, 9.17) is 4.74 Å². The average Bonchev–Trinajstić information content (AvgIpc) is 2.61. The topological polar surface area (TPSA) is 41.6 Å². The number of nitrogens with one attached hydrogen (secondary N) is 1.